The van der Waals surface area contributed by atoms with Crippen LogP contribution < -0.4 is 5.32 Å². The molecule has 1 saturated carbocycles. The molecule has 0 saturated heterocycles. The van der Waals surface area contributed by atoms with E-state index in [9.17, 15) is 4.79 Å². The van der Waals surface area contributed by atoms with Crippen LogP contribution in [0.5, 0.6) is 0 Å². The Hall–Kier alpha value is -0.770. The van der Waals surface area contributed by atoms with Crippen LogP contribution in [0.25, 0.3) is 0 Å². The van der Waals surface area contributed by atoms with Crippen LogP contribution in [-0.2, 0) is 6.54 Å². The van der Waals surface area contributed by atoms with E-state index in [1.165, 1.54) is 12.8 Å². The molecule has 1 heterocycles. The Labute approximate surface area is 111 Å². The van der Waals surface area contributed by atoms with Crippen molar-refractivity contribution in [3.8, 4) is 0 Å². The van der Waals surface area contributed by atoms with Gasteiger partial charge in [-0.25, -0.2) is 0 Å². The van der Waals surface area contributed by atoms with E-state index in [2.05, 4.69) is 28.2 Å². The maximum Gasteiger partial charge on any atom is 0.267 e. The lowest BCUT2D eigenvalue weighted by molar-refractivity contribution is 0.0943. The van der Waals surface area contributed by atoms with Gasteiger partial charge >= 0.3 is 0 Å². The minimum atomic E-state index is 0.0461. The summed E-state index contributed by atoms with van der Waals surface area (Å²) in [7, 11) is 0. The zero-order chi connectivity index (χ0) is 12.3. The fourth-order valence-corrected chi connectivity index (χ4v) is 2.44. The van der Waals surface area contributed by atoms with E-state index in [0.717, 1.165) is 42.0 Å². The molecule has 2 rings (SSSR count). The molecule has 1 fully saturated rings. The van der Waals surface area contributed by atoms with E-state index < -0.39 is 0 Å². The summed E-state index contributed by atoms with van der Waals surface area (Å²) in [6.45, 7) is 3.80. The molecule has 94 valence electrons. The van der Waals surface area contributed by atoms with E-state index >= 15 is 0 Å². The van der Waals surface area contributed by atoms with Crippen molar-refractivity contribution in [1.29, 1.82) is 0 Å². The Morgan fingerprint density at radius 1 is 1.59 bits per heavy atom. The van der Waals surface area contributed by atoms with E-state index in [-0.39, 0.29) is 5.91 Å². The molecule has 0 aromatic carbocycles. The summed E-state index contributed by atoms with van der Waals surface area (Å²) in [6.07, 6.45) is 6.81. The molecule has 3 nitrogen and oxygen atoms in total. The minimum absolute atomic E-state index is 0.0461. The van der Waals surface area contributed by atoms with Gasteiger partial charge in [-0.1, -0.05) is 19.8 Å². The first-order valence-electron chi connectivity index (χ1n) is 6.34. The van der Waals surface area contributed by atoms with Gasteiger partial charge < -0.3 is 9.88 Å². The van der Waals surface area contributed by atoms with Crippen LogP contribution in [0.15, 0.2) is 16.7 Å². The largest absolute Gasteiger partial charge is 0.351 e. The number of nitrogens with one attached hydrogen (secondary N) is 1. The third kappa shape index (κ3) is 3.60. The summed E-state index contributed by atoms with van der Waals surface area (Å²) in [4.78, 5) is 12.0. The molecule has 0 spiro atoms. The zero-order valence-electron chi connectivity index (χ0n) is 10.2. The van der Waals surface area contributed by atoms with Gasteiger partial charge in [0.2, 0.25) is 0 Å². The van der Waals surface area contributed by atoms with E-state index in [1.807, 2.05) is 16.8 Å². The van der Waals surface area contributed by atoms with Gasteiger partial charge in [-0.15, -0.1) is 0 Å². The summed E-state index contributed by atoms with van der Waals surface area (Å²) in [5.41, 5.74) is 0.759. The molecule has 1 aliphatic carbocycles. The second-order valence-electron chi connectivity index (χ2n) is 4.72. The fourth-order valence-electron chi connectivity index (χ4n) is 1.98. The fraction of sp³-hybridized carbons (Fsp3) is 0.615. The number of aromatic nitrogens is 1. The molecule has 1 aromatic heterocycles. The number of rotatable bonds is 6. The summed E-state index contributed by atoms with van der Waals surface area (Å²) in [6, 6.07) is 1.89. The average Bonchev–Trinajstić information content (AvgIpc) is 3.03. The molecule has 1 N–H and O–H groups in total. The van der Waals surface area contributed by atoms with E-state index in [0.29, 0.717) is 0 Å². The van der Waals surface area contributed by atoms with Crippen LogP contribution >= 0.6 is 15.9 Å². The van der Waals surface area contributed by atoms with Crippen molar-refractivity contribution in [2.75, 3.05) is 6.54 Å². The number of carbonyl (C=O) groups is 1. The van der Waals surface area contributed by atoms with Crippen LogP contribution in [0.1, 0.15) is 43.1 Å². The number of amides is 1. The van der Waals surface area contributed by atoms with Crippen LogP contribution in [0, 0.1) is 5.92 Å². The molecule has 1 amide bonds. The van der Waals surface area contributed by atoms with Gasteiger partial charge in [-0.2, -0.15) is 0 Å². The van der Waals surface area contributed by atoms with Crippen molar-refractivity contribution >= 4 is 21.8 Å². The van der Waals surface area contributed by atoms with Crippen LogP contribution in [-0.4, -0.2) is 17.0 Å². The topological polar surface area (TPSA) is 34.0 Å². The quantitative estimate of drug-likeness (QED) is 0.860. The van der Waals surface area contributed by atoms with Crippen molar-refractivity contribution in [1.82, 2.24) is 9.88 Å². The maximum absolute atomic E-state index is 12.0. The van der Waals surface area contributed by atoms with Gasteiger partial charge in [-0.05, 0) is 40.8 Å². The monoisotopic (exact) mass is 298 g/mol. The molecule has 1 aromatic rings. The van der Waals surface area contributed by atoms with Crippen LogP contribution in [0.2, 0.25) is 0 Å². The van der Waals surface area contributed by atoms with Crippen molar-refractivity contribution in [2.24, 2.45) is 5.92 Å². The molecule has 17 heavy (non-hydrogen) atoms. The zero-order valence-corrected chi connectivity index (χ0v) is 11.8. The number of carbonyl (C=O) groups excluding carboxylic acids is 1. The first kappa shape index (κ1) is 12.7. The SMILES string of the molecule is CCCn1cc(Br)cc1C(=O)NCCC1CC1. The highest BCUT2D eigenvalue weighted by Gasteiger charge is 2.21. The lowest BCUT2D eigenvalue weighted by Gasteiger charge is -2.08. The number of halogens is 1. The van der Waals surface area contributed by atoms with Gasteiger partial charge in [0.1, 0.15) is 5.69 Å². The second kappa shape index (κ2) is 5.71. The van der Waals surface area contributed by atoms with Crippen molar-refractivity contribution in [2.45, 2.75) is 39.2 Å². The predicted molar refractivity (Wildman–Crippen MR) is 72.1 cm³/mol. The number of aryl methyl sites for hydroxylation is 1. The highest BCUT2D eigenvalue weighted by Crippen LogP contribution is 2.31. The summed E-state index contributed by atoms with van der Waals surface area (Å²) < 4.78 is 2.98. The van der Waals surface area contributed by atoms with Gasteiger partial charge in [0.15, 0.2) is 0 Å². The standard InChI is InChI=1S/C13H19BrN2O/c1-2-7-16-9-11(14)8-12(16)13(17)15-6-5-10-3-4-10/h8-10H,2-7H2,1H3,(H,15,17). The average molecular weight is 299 g/mol. The Bertz CT molecular complexity index is 396. The number of hydrogen-bond donors (Lipinski definition) is 1. The van der Waals surface area contributed by atoms with Crippen molar-refractivity contribution < 1.29 is 4.79 Å². The molecule has 0 bridgehead atoms. The molecule has 4 heteroatoms. The van der Waals surface area contributed by atoms with Crippen LogP contribution in [0.4, 0.5) is 0 Å². The number of hydrogen-bond acceptors (Lipinski definition) is 1. The normalized spacial score (nSPS) is 14.9. The van der Waals surface area contributed by atoms with Gasteiger partial charge in [0, 0.05) is 23.8 Å². The van der Waals surface area contributed by atoms with Crippen molar-refractivity contribution in [3.63, 3.8) is 0 Å². The molecular weight excluding hydrogens is 280 g/mol. The van der Waals surface area contributed by atoms with Gasteiger partial charge in [0.25, 0.3) is 5.91 Å². The Balaban J connectivity index is 1.91. The Kier molecular flexibility index (Phi) is 4.26. The summed E-state index contributed by atoms with van der Waals surface area (Å²) in [5, 5.41) is 3.00. The first-order chi connectivity index (χ1) is 8.20. The van der Waals surface area contributed by atoms with Crippen LogP contribution in [0.3, 0.4) is 0 Å². The maximum atomic E-state index is 12.0. The highest BCUT2D eigenvalue weighted by molar-refractivity contribution is 9.10. The van der Waals surface area contributed by atoms with E-state index in [1.54, 1.807) is 0 Å². The van der Waals surface area contributed by atoms with Crippen molar-refractivity contribution in [3.05, 3.63) is 22.4 Å². The third-order valence-electron chi connectivity index (χ3n) is 3.10. The number of nitrogens with zero attached hydrogens (tertiary/aromatic N) is 1. The van der Waals surface area contributed by atoms with Gasteiger partial charge in [0.05, 0.1) is 0 Å². The lowest BCUT2D eigenvalue weighted by Crippen LogP contribution is -2.27. The molecule has 0 unspecified atom stereocenters. The minimum Gasteiger partial charge on any atom is -0.351 e. The molecule has 0 atom stereocenters. The second-order valence-corrected chi connectivity index (χ2v) is 5.64. The predicted octanol–water partition coefficient (Wildman–Crippen LogP) is 3.19. The van der Waals surface area contributed by atoms with Gasteiger partial charge in [-0.3, -0.25) is 4.79 Å². The Morgan fingerprint density at radius 2 is 2.35 bits per heavy atom. The molecule has 0 radical (unpaired) electrons. The lowest BCUT2D eigenvalue weighted by atomic mass is 10.3. The highest BCUT2D eigenvalue weighted by atomic mass is 79.9. The summed E-state index contributed by atoms with van der Waals surface area (Å²) >= 11 is 3.42. The summed E-state index contributed by atoms with van der Waals surface area (Å²) in [5.74, 6) is 0.911. The molecule has 0 aliphatic heterocycles. The Morgan fingerprint density at radius 3 is 3.00 bits per heavy atom. The smallest absolute Gasteiger partial charge is 0.267 e. The molecular formula is C13H19BrN2O. The first-order valence-corrected chi connectivity index (χ1v) is 7.14. The van der Waals surface area contributed by atoms with E-state index in [4.69, 9.17) is 0 Å². The third-order valence-corrected chi connectivity index (χ3v) is 3.53. The molecule has 1 aliphatic rings.